The number of likely N-dealkylation sites (N-methyl/N-ethyl adjacent to an activating group) is 1. The van der Waals surface area contributed by atoms with Crippen LogP contribution >= 0.6 is 0 Å². The molecule has 0 aliphatic carbocycles. The molecule has 2 nitrogen and oxygen atoms in total. The van der Waals surface area contributed by atoms with E-state index in [1.807, 2.05) is 7.05 Å². The molecule has 0 aliphatic rings. The number of hydrogen-bond acceptors (Lipinski definition) is 2. The molecule has 0 saturated carbocycles. The number of rotatable bonds is 5. The van der Waals surface area contributed by atoms with E-state index < -0.39 is 0 Å². The van der Waals surface area contributed by atoms with Gasteiger partial charge >= 0.3 is 0 Å². The van der Waals surface area contributed by atoms with Crippen molar-refractivity contribution in [1.29, 1.82) is 0 Å². The Morgan fingerprint density at radius 1 is 1.10 bits per heavy atom. The van der Waals surface area contributed by atoms with Gasteiger partial charge in [-0.15, -0.1) is 0 Å². The lowest BCUT2D eigenvalue weighted by Crippen LogP contribution is -2.42. The van der Waals surface area contributed by atoms with Crippen LogP contribution in [0.15, 0.2) is 18.2 Å². The average molecular weight is 291 g/mol. The summed E-state index contributed by atoms with van der Waals surface area (Å²) in [5, 5.41) is 3.37. The van der Waals surface area contributed by atoms with Crippen LogP contribution < -0.4 is 10.1 Å². The standard InChI is InChI=1S/C19H33NO/c1-9-14-10-11-16(15(12-14)18(2,3)4)21-13-17(20-8)19(5,6)7/h10-12,17,20H,9,13H2,1-8H3. The van der Waals surface area contributed by atoms with Gasteiger partial charge < -0.3 is 10.1 Å². The molecule has 1 aromatic rings. The second-order valence-corrected chi connectivity index (χ2v) is 7.95. The highest BCUT2D eigenvalue weighted by Gasteiger charge is 2.25. The lowest BCUT2D eigenvalue weighted by molar-refractivity contribution is 0.179. The molecule has 0 spiro atoms. The first kappa shape index (κ1) is 18.0. The average Bonchev–Trinajstić information content (AvgIpc) is 2.36. The molecule has 1 aromatic carbocycles. The third-order valence-corrected chi connectivity index (χ3v) is 4.06. The van der Waals surface area contributed by atoms with Gasteiger partial charge in [0, 0.05) is 6.04 Å². The van der Waals surface area contributed by atoms with E-state index in [2.05, 4.69) is 72.0 Å². The van der Waals surface area contributed by atoms with Crippen molar-refractivity contribution in [2.24, 2.45) is 5.41 Å². The largest absolute Gasteiger partial charge is 0.492 e. The summed E-state index contributed by atoms with van der Waals surface area (Å²) in [5.41, 5.74) is 2.94. The molecule has 0 bridgehead atoms. The molecule has 21 heavy (non-hydrogen) atoms. The van der Waals surface area contributed by atoms with Crippen LogP contribution in [0.2, 0.25) is 0 Å². The van der Waals surface area contributed by atoms with E-state index in [-0.39, 0.29) is 10.8 Å². The van der Waals surface area contributed by atoms with Gasteiger partial charge in [-0.25, -0.2) is 0 Å². The molecule has 1 N–H and O–H groups in total. The minimum Gasteiger partial charge on any atom is -0.492 e. The number of benzene rings is 1. The maximum atomic E-state index is 6.18. The van der Waals surface area contributed by atoms with E-state index >= 15 is 0 Å². The van der Waals surface area contributed by atoms with Crippen molar-refractivity contribution in [2.45, 2.75) is 66.3 Å². The molecule has 0 aliphatic heterocycles. The van der Waals surface area contributed by atoms with Crippen molar-refractivity contribution in [3.05, 3.63) is 29.3 Å². The maximum absolute atomic E-state index is 6.18. The summed E-state index contributed by atoms with van der Waals surface area (Å²) in [6, 6.07) is 6.93. The van der Waals surface area contributed by atoms with E-state index in [1.165, 1.54) is 11.1 Å². The normalized spacial score (nSPS) is 14.1. The van der Waals surface area contributed by atoms with Crippen molar-refractivity contribution in [2.75, 3.05) is 13.7 Å². The van der Waals surface area contributed by atoms with Gasteiger partial charge in [0.25, 0.3) is 0 Å². The van der Waals surface area contributed by atoms with Gasteiger partial charge in [0.15, 0.2) is 0 Å². The minimum absolute atomic E-state index is 0.0946. The first-order chi connectivity index (χ1) is 9.59. The van der Waals surface area contributed by atoms with Crippen molar-refractivity contribution in [3.63, 3.8) is 0 Å². The first-order valence-corrected chi connectivity index (χ1v) is 8.03. The topological polar surface area (TPSA) is 21.3 Å². The summed E-state index contributed by atoms with van der Waals surface area (Å²) in [4.78, 5) is 0. The Morgan fingerprint density at radius 2 is 1.71 bits per heavy atom. The highest BCUT2D eigenvalue weighted by atomic mass is 16.5. The molecular formula is C19H33NO. The third kappa shape index (κ3) is 5.03. The summed E-state index contributed by atoms with van der Waals surface area (Å²) < 4.78 is 6.18. The minimum atomic E-state index is 0.0946. The molecular weight excluding hydrogens is 258 g/mol. The van der Waals surface area contributed by atoms with Crippen molar-refractivity contribution >= 4 is 0 Å². The van der Waals surface area contributed by atoms with Crippen LogP contribution in [0.5, 0.6) is 5.75 Å². The molecule has 1 unspecified atom stereocenters. The van der Waals surface area contributed by atoms with Crippen LogP contribution in [-0.2, 0) is 11.8 Å². The predicted octanol–water partition coefficient (Wildman–Crippen LogP) is 4.56. The van der Waals surface area contributed by atoms with E-state index in [9.17, 15) is 0 Å². The van der Waals surface area contributed by atoms with Gasteiger partial charge in [0.1, 0.15) is 12.4 Å². The zero-order chi connectivity index (χ0) is 16.3. The van der Waals surface area contributed by atoms with Crippen LogP contribution in [0.1, 0.15) is 59.6 Å². The van der Waals surface area contributed by atoms with Gasteiger partial charge in [0.2, 0.25) is 0 Å². The fourth-order valence-electron chi connectivity index (χ4n) is 2.45. The second kappa shape index (κ2) is 6.83. The van der Waals surface area contributed by atoms with E-state index in [1.54, 1.807) is 0 Å². The quantitative estimate of drug-likeness (QED) is 0.858. The fraction of sp³-hybridized carbons (Fsp3) is 0.684. The predicted molar refractivity (Wildman–Crippen MR) is 92.3 cm³/mol. The van der Waals surface area contributed by atoms with E-state index in [0.717, 1.165) is 12.2 Å². The van der Waals surface area contributed by atoms with Crippen LogP contribution in [0.3, 0.4) is 0 Å². The number of hydrogen-bond donors (Lipinski definition) is 1. The lowest BCUT2D eigenvalue weighted by atomic mass is 9.85. The van der Waals surface area contributed by atoms with Gasteiger partial charge in [0.05, 0.1) is 0 Å². The van der Waals surface area contributed by atoms with Gasteiger partial charge in [-0.05, 0) is 41.5 Å². The monoisotopic (exact) mass is 291 g/mol. The Balaban J connectivity index is 2.98. The number of nitrogens with one attached hydrogen (secondary N) is 1. The van der Waals surface area contributed by atoms with Crippen LogP contribution in [0.25, 0.3) is 0 Å². The highest BCUT2D eigenvalue weighted by molar-refractivity contribution is 5.41. The SMILES string of the molecule is CCc1ccc(OCC(NC)C(C)(C)C)c(C(C)(C)C)c1. The van der Waals surface area contributed by atoms with Crippen LogP contribution in [-0.4, -0.2) is 19.7 Å². The van der Waals surface area contributed by atoms with Crippen molar-refractivity contribution in [1.82, 2.24) is 5.32 Å². The summed E-state index contributed by atoms with van der Waals surface area (Å²) in [6.07, 6.45) is 1.06. The molecule has 0 aromatic heterocycles. The summed E-state index contributed by atoms with van der Waals surface area (Å²) in [7, 11) is 2.00. The molecule has 0 saturated heterocycles. The number of aryl methyl sites for hydroxylation is 1. The third-order valence-electron chi connectivity index (χ3n) is 4.06. The maximum Gasteiger partial charge on any atom is 0.123 e. The molecule has 1 rings (SSSR count). The molecule has 2 heteroatoms. The van der Waals surface area contributed by atoms with Crippen LogP contribution in [0.4, 0.5) is 0 Å². The first-order valence-electron chi connectivity index (χ1n) is 8.03. The summed E-state index contributed by atoms with van der Waals surface area (Å²) >= 11 is 0. The lowest BCUT2D eigenvalue weighted by Gasteiger charge is -2.31. The van der Waals surface area contributed by atoms with Crippen molar-refractivity contribution in [3.8, 4) is 5.75 Å². The number of ether oxygens (including phenoxy) is 1. The fourth-order valence-corrected chi connectivity index (χ4v) is 2.45. The smallest absolute Gasteiger partial charge is 0.123 e. The summed E-state index contributed by atoms with van der Waals surface area (Å²) in [5.74, 6) is 1.02. The molecule has 0 amide bonds. The van der Waals surface area contributed by atoms with Crippen LogP contribution in [0, 0.1) is 5.41 Å². The summed E-state index contributed by atoms with van der Waals surface area (Å²) in [6.45, 7) is 16.3. The Kier molecular flexibility index (Phi) is 5.86. The molecule has 0 fully saturated rings. The second-order valence-electron chi connectivity index (χ2n) is 7.95. The zero-order valence-corrected chi connectivity index (χ0v) is 15.1. The van der Waals surface area contributed by atoms with E-state index in [0.29, 0.717) is 12.6 Å². The molecule has 0 radical (unpaired) electrons. The molecule has 0 heterocycles. The Labute approximate surface area is 131 Å². The molecule has 120 valence electrons. The zero-order valence-electron chi connectivity index (χ0n) is 15.1. The molecule has 1 atom stereocenters. The highest BCUT2D eigenvalue weighted by Crippen LogP contribution is 2.33. The van der Waals surface area contributed by atoms with Gasteiger partial charge in [-0.1, -0.05) is 60.6 Å². The van der Waals surface area contributed by atoms with Gasteiger partial charge in [-0.2, -0.15) is 0 Å². The van der Waals surface area contributed by atoms with Gasteiger partial charge in [-0.3, -0.25) is 0 Å². The van der Waals surface area contributed by atoms with E-state index in [4.69, 9.17) is 4.74 Å². The Bertz CT molecular complexity index is 452. The Morgan fingerprint density at radius 3 is 2.14 bits per heavy atom. The Hall–Kier alpha value is -1.02. The van der Waals surface area contributed by atoms with Crippen molar-refractivity contribution < 1.29 is 4.74 Å².